The maximum absolute atomic E-state index is 12.0. The first kappa shape index (κ1) is 17.5. The van der Waals surface area contributed by atoms with Crippen LogP contribution in [0.3, 0.4) is 0 Å². The second-order valence-electron chi connectivity index (χ2n) is 6.29. The van der Waals surface area contributed by atoms with Crippen molar-refractivity contribution < 1.29 is 18.7 Å². The summed E-state index contributed by atoms with van der Waals surface area (Å²) in [4.78, 5) is 35.5. The number of alkyl carbamates (subject to hydrolysis) is 1. The number of benzene rings is 1. The summed E-state index contributed by atoms with van der Waals surface area (Å²) in [6.07, 6.45) is -0.708. The number of amides is 2. The van der Waals surface area contributed by atoms with E-state index in [1.54, 1.807) is 45.9 Å². The number of aryl methyl sites for hydroxylation is 1. The van der Waals surface area contributed by atoms with Crippen molar-refractivity contribution in [1.29, 1.82) is 0 Å². The second kappa shape index (κ2) is 6.74. The van der Waals surface area contributed by atoms with E-state index in [2.05, 4.69) is 10.6 Å². The highest BCUT2D eigenvalue weighted by Crippen LogP contribution is 2.21. The van der Waals surface area contributed by atoms with Gasteiger partial charge in [-0.25, -0.2) is 9.59 Å². The first-order valence-corrected chi connectivity index (χ1v) is 7.46. The monoisotopic (exact) mass is 332 g/mol. The molecular formula is C17H20N2O5. The fourth-order valence-electron chi connectivity index (χ4n) is 2.10. The average Bonchev–Trinajstić information content (AvgIpc) is 2.48. The van der Waals surface area contributed by atoms with E-state index in [1.165, 1.54) is 0 Å². The molecule has 0 bridgehead atoms. The number of carbonyl (C=O) groups excluding carboxylic acids is 2. The Morgan fingerprint density at radius 2 is 1.88 bits per heavy atom. The van der Waals surface area contributed by atoms with Crippen LogP contribution in [0.1, 0.15) is 26.3 Å². The Bertz CT molecular complexity index is 833. The van der Waals surface area contributed by atoms with Crippen LogP contribution in [0.2, 0.25) is 0 Å². The molecule has 0 radical (unpaired) electrons. The largest absolute Gasteiger partial charge is 0.444 e. The molecule has 1 heterocycles. The smallest absolute Gasteiger partial charge is 0.408 e. The number of nitrogens with one attached hydrogen (secondary N) is 2. The zero-order valence-electron chi connectivity index (χ0n) is 14.1. The molecule has 0 aliphatic rings. The van der Waals surface area contributed by atoms with E-state index in [4.69, 9.17) is 9.15 Å². The van der Waals surface area contributed by atoms with Gasteiger partial charge in [-0.2, -0.15) is 0 Å². The molecule has 0 spiro atoms. The first-order valence-electron chi connectivity index (χ1n) is 7.46. The molecule has 0 atom stereocenters. The van der Waals surface area contributed by atoms with Crippen LogP contribution >= 0.6 is 0 Å². The summed E-state index contributed by atoms with van der Waals surface area (Å²) in [6, 6.07) is 7.04. The predicted molar refractivity (Wildman–Crippen MR) is 90.1 cm³/mol. The SMILES string of the molecule is Cc1c(NC(=O)CNC(=O)OC(C)(C)C)c(=O)oc2ccccc12. The summed E-state index contributed by atoms with van der Waals surface area (Å²) in [7, 11) is 0. The van der Waals surface area contributed by atoms with Crippen molar-refractivity contribution in [2.45, 2.75) is 33.3 Å². The molecule has 1 aromatic heterocycles. The van der Waals surface area contributed by atoms with Crippen LogP contribution in [0.5, 0.6) is 0 Å². The van der Waals surface area contributed by atoms with Crippen LogP contribution in [0.15, 0.2) is 33.5 Å². The van der Waals surface area contributed by atoms with Crippen molar-refractivity contribution in [3.63, 3.8) is 0 Å². The number of rotatable bonds is 3. The zero-order valence-corrected chi connectivity index (χ0v) is 14.1. The molecule has 0 fully saturated rings. The van der Waals surface area contributed by atoms with Crippen molar-refractivity contribution in [2.24, 2.45) is 0 Å². The number of ether oxygens (including phenoxy) is 1. The van der Waals surface area contributed by atoms with Gasteiger partial charge >= 0.3 is 11.7 Å². The van der Waals surface area contributed by atoms with E-state index >= 15 is 0 Å². The Morgan fingerprint density at radius 3 is 2.54 bits per heavy atom. The van der Waals surface area contributed by atoms with Gasteiger partial charge in [0.1, 0.15) is 23.4 Å². The van der Waals surface area contributed by atoms with Gasteiger partial charge < -0.3 is 19.8 Å². The minimum Gasteiger partial charge on any atom is -0.444 e. The quantitative estimate of drug-likeness (QED) is 0.842. The molecule has 24 heavy (non-hydrogen) atoms. The Balaban J connectivity index is 2.08. The number of carbonyl (C=O) groups is 2. The number of hydrogen-bond acceptors (Lipinski definition) is 5. The first-order chi connectivity index (χ1) is 11.2. The van der Waals surface area contributed by atoms with Gasteiger partial charge in [0.15, 0.2) is 0 Å². The Morgan fingerprint density at radius 1 is 1.21 bits per heavy atom. The minimum atomic E-state index is -0.708. The summed E-state index contributed by atoms with van der Waals surface area (Å²) in [5, 5.41) is 5.53. The molecule has 2 amide bonds. The summed E-state index contributed by atoms with van der Waals surface area (Å²) in [5.74, 6) is -0.549. The molecule has 7 heteroatoms. The maximum atomic E-state index is 12.0. The molecule has 0 unspecified atom stereocenters. The van der Waals surface area contributed by atoms with E-state index in [1.807, 2.05) is 6.07 Å². The van der Waals surface area contributed by atoms with Crippen molar-refractivity contribution in [3.8, 4) is 0 Å². The molecule has 2 N–H and O–H groups in total. The normalized spacial score (nSPS) is 11.2. The van der Waals surface area contributed by atoms with Crippen LogP contribution in [-0.4, -0.2) is 24.1 Å². The van der Waals surface area contributed by atoms with E-state index < -0.39 is 23.2 Å². The maximum Gasteiger partial charge on any atom is 0.408 e. The molecule has 0 saturated carbocycles. The number of para-hydroxylation sites is 1. The Labute approximate surface area is 139 Å². The summed E-state index contributed by atoms with van der Waals surface area (Å²) >= 11 is 0. The van der Waals surface area contributed by atoms with Gasteiger partial charge in [0, 0.05) is 5.39 Å². The van der Waals surface area contributed by atoms with E-state index in [-0.39, 0.29) is 12.2 Å². The second-order valence-corrected chi connectivity index (χ2v) is 6.29. The fraction of sp³-hybridized carbons (Fsp3) is 0.353. The number of anilines is 1. The lowest BCUT2D eigenvalue weighted by molar-refractivity contribution is -0.115. The lowest BCUT2D eigenvalue weighted by Crippen LogP contribution is -2.37. The van der Waals surface area contributed by atoms with E-state index in [9.17, 15) is 14.4 Å². The molecular weight excluding hydrogens is 312 g/mol. The van der Waals surface area contributed by atoms with Gasteiger partial charge in [-0.1, -0.05) is 18.2 Å². The fourth-order valence-corrected chi connectivity index (χ4v) is 2.10. The Kier molecular flexibility index (Phi) is 4.92. The highest BCUT2D eigenvalue weighted by atomic mass is 16.6. The lowest BCUT2D eigenvalue weighted by Gasteiger charge is -2.19. The molecule has 0 saturated heterocycles. The molecule has 128 valence electrons. The van der Waals surface area contributed by atoms with Gasteiger partial charge in [-0.05, 0) is 39.3 Å². The molecule has 2 aromatic rings. The van der Waals surface area contributed by atoms with Gasteiger partial charge in [0.2, 0.25) is 5.91 Å². The van der Waals surface area contributed by atoms with E-state index in [0.717, 1.165) is 5.39 Å². The third kappa shape index (κ3) is 4.34. The van der Waals surface area contributed by atoms with E-state index in [0.29, 0.717) is 11.1 Å². The highest BCUT2D eigenvalue weighted by molar-refractivity contribution is 5.96. The van der Waals surface area contributed by atoms with Gasteiger partial charge in [0.25, 0.3) is 0 Å². The summed E-state index contributed by atoms with van der Waals surface area (Å²) in [6.45, 7) is 6.56. The van der Waals surface area contributed by atoms with Crippen molar-refractivity contribution in [1.82, 2.24) is 5.32 Å². The molecule has 7 nitrogen and oxygen atoms in total. The van der Waals surface area contributed by atoms with Crippen molar-refractivity contribution in [3.05, 3.63) is 40.2 Å². The molecule has 0 aliphatic heterocycles. The number of fused-ring (bicyclic) bond motifs is 1. The molecule has 2 rings (SSSR count). The van der Waals surface area contributed by atoms with Crippen LogP contribution in [-0.2, 0) is 9.53 Å². The third-order valence-corrected chi connectivity index (χ3v) is 3.13. The van der Waals surface area contributed by atoms with Crippen molar-refractivity contribution >= 4 is 28.7 Å². The number of hydrogen-bond donors (Lipinski definition) is 2. The third-order valence-electron chi connectivity index (χ3n) is 3.13. The molecule has 1 aromatic carbocycles. The zero-order chi connectivity index (χ0) is 17.9. The van der Waals surface area contributed by atoms with Crippen LogP contribution in [0.4, 0.5) is 10.5 Å². The average molecular weight is 332 g/mol. The van der Waals surface area contributed by atoms with Gasteiger partial charge in [-0.15, -0.1) is 0 Å². The van der Waals surface area contributed by atoms with Gasteiger partial charge in [0.05, 0.1) is 0 Å². The highest BCUT2D eigenvalue weighted by Gasteiger charge is 2.18. The summed E-state index contributed by atoms with van der Waals surface area (Å²) in [5.41, 5.74) is -0.185. The van der Waals surface area contributed by atoms with Crippen LogP contribution in [0, 0.1) is 6.92 Å². The topological polar surface area (TPSA) is 97.6 Å². The van der Waals surface area contributed by atoms with Crippen LogP contribution < -0.4 is 16.3 Å². The van der Waals surface area contributed by atoms with Gasteiger partial charge in [-0.3, -0.25) is 4.79 Å². The predicted octanol–water partition coefficient (Wildman–Crippen LogP) is 2.56. The summed E-state index contributed by atoms with van der Waals surface area (Å²) < 4.78 is 10.2. The minimum absolute atomic E-state index is 0.0599. The Hall–Kier alpha value is -2.83. The van der Waals surface area contributed by atoms with Crippen molar-refractivity contribution in [2.75, 3.05) is 11.9 Å². The lowest BCUT2D eigenvalue weighted by atomic mass is 10.1. The molecule has 0 aliphatic carbocycles. The standard InChI is InChI=1S/C17H20N2O5/c1-10-11-7-5-6-8-12(11)23-15(21)14(10)19-13(20)9-18-16(22)24-17(2,3)4/h5-8H,9H2,1-4H3,(H,18,22)(H,19,20). The van der Waals surface area contributed by atoms with Crippen LogP contribution in [0.25, 0.3) is 11.0 Å².